The van der Waals surface area contributed by atoms with Crippen LogP contribution in [0.3, 0.4) is 0 Å². The Labute approximate surface area is 143 Å². The molecule has 4 rings (SSSR count). The molecule has 0 fully saturated rings. The van der Waals surface area contributed by atoms with E-state index in [1.165, 1.54) is 12.7 Å². The van der Waals surface area contributed by atoms with Crippen LogP contribution in [0, 0.1) is 0 Å². The van der Waals surface area contributed by atoms with Gasteiger partial charge in [-0.2, -0.15) is 5.10 Å². The molecule has 3 aliphatic heterocycles. The van der Waals surface area contributed by atoms with Gasteiger partial charge < -0.3 is 14.0 Å². The minimum atomic E-state index is -0.532. The van der Waals surface area contributed by atoms with Crippen molar-refractivity contribution in [3.8, 4) is 11.3 Å². The highest BCUT2D eigenvalue weighted by Crippen LogP contribution is 2.29. The molecule has 0 bridgehead atoms. The van der Waals surface area contributed by atoms with Crippen molar-refractivity contribution in [2.24, 2.45) is 0 Å². The Balaban J connectivity index is 1.75. The monoisotopic (exact) mass is 339 g/mol. The lowest BCUT2D eigenvalue weighted by atomic mass is 9.97. The van der Waals surface area contributed by atoms with Gasteiger partial charge in [0, 0.05) is 12.4 Å². The summed E-state index contributed by atoms with van der Waals surface area (Å²) in [5, 5.41) is 6.31. The van der Waals surface area contributed by atoms with Crippen LogP contribution in [0.4, 0.5) is 0 Å². The molecule has 1 aromatic rings. The Morgan fingerprint density at radius 1 is 1.40 bits per heavy atom. The van der Waals surface area contributed by atoms with Crippen LogP contribution in [-0.4, -0.2) is 34.5 Å². The number of carbonyl (C=O) groups excluding carboxylic acids is 1. The second kappa shape index (κ2) is 6.18. The van der Waals surface area contributed by atoms with Crippen LogP contribution < -0.4 is 5.56 Å². The summed E-state index contributed by atoms with van der Waals surface area (Å²) in [6, 6.07) is 8.16. The van der Waals surface area contributed by atoms with E-state index in [4.69, 9.17) is 9.47 Å². The summed E-state index contributed by atoms with van der Waals surface area (Å²) in [4.78, 5) is 24.0. The molecular formula is C18H17N3O4. The lowest BCUT2D eigenvalue weighted by Gasteiger charge is -2.27. The number of carbonyl (C=O) groups is 1. The van der Waals surface area contributed by atoms with E-state index in [-0.39, 0.29) is 17.2 Å². The van der Waals surface area contributed by atoms with Gasteiger partial charge in [-0.05, 0) is 17.5 Å². The number of aromatic nitrogens is 3. The van der Waals surface area contributed by atoms with Gasteiger partial charge >= 0.3 is 5.97 Å². The number of esters is 1. The van der Waals surface area contributed by atoms with Crippen LogP contribution in [0.2, 0.25) is 0 Å². The molecular weight excluding hydrogens is 322 g/mol. The second-order valence-electron chi connectivity index (χ2n) is 5.98. The number of nitrogens with zero attached hydrogens (tertiary/aromatic N) is 2. The molecule has 128 valence electrons. The van der Waals surface area contributed by atoms with E-state index in [2.05, 4.69) is 22.3 Å². The molecule has 7 heteroatoms. The van der Waals surface area contributed by atoms with Crippen LogP contribution in [0.15, 0.2) is 41.5 Å². The molecule has 0 radical (unpaired) electrons. The lowest BCUT2D eigenvalue weighted by Crippen LogP contribution is -2.21. The van der Waals surface area contributed by atoms with Crippen LogP contribution in [0.25, 0.3) is 11.3 Å². The summed E-state index contributed by atoms with van der Waals surface area (Å²) in [5.41, 5.74) is 2.99. The molecule has 25 heavy (non-hydrogen) atoms. The normalized spacial score (nSPS) is 16.6. The summed E-state index contributed by atoms with van der Waals surface area (Å²) in [6.45, 7) is 1.13. The van der Waals surface area contributed by atoms with Crippen molar-refractivity contribution in [1.29, 1.82) is 0 Å². The zero-order valence-corrected chi connectivity index (χ0v) is 13.7. The van der Waals surface area contributed by atoms with Crippen molar-refractivity contribution in [3.63, 3.8) is 0 Å². The van der Waals surface area contributed by atoms with Crippen LogP contribution >= 0.6 is 0 Å². The van der Waals surface area contributed by atoms with Crippen LogP contribution in [0.5, 0.6) is 0 Å². The minimum Gasteiger partial charge on any atom is -0.465 e. The SMILES string of the molecule is COC(=O)c1cn(C[C@H]2OCCc3ccccc32)cc2c(=O)[nH]nc1-2. The summed E-state index contributed by atoms with van der Waals surface area (Å²) >= 11 is 0. The number of aromatic amines is 1. The average molecular weight is 339 g/mol. The maximum Gasteiger partial charge on any atom is 0.341 e. The third-order valence-electron chi connectivity index (χ3n) is 4.49. The number of rotatable bonds is 3. The fourth-order valence-electron chi connectivity index (χ4n) is 3.27. The van der Waals surface area contributed by atoms with Gasteiger partial charge in [0.05, 0.1) is 25.8 Å². The third-order valence-corrected chi connectivity index (χ3v) is 4.49. The Morgan fingerprint density at radius 3 is 3.08 bits per heavy atom. The molecule has 0 aliphatic carbocycles. The number of benzene rings is 1. The number of hydrogen-bond donors (Lipinski definition) is 1. The molecule has 3 heterocycles. The Hall–Kier alpha value is -2.93. The fraction of sp³-hybridized carbons (Fsp3) is 0.278. The molecule has 0 spiro atoms. The van der Waals surface area contributed by atoms with Gasteiger partial charge in [0.25, 0.3) is 5.56 Å². The van der Waals surface area contributed by atoms with E-state index in [9.17, 15) is 9.59 Å². The highest BCUT2D eigenvalue weighted by atomic mass is 16.5. The van der Waals surface area contributed by atoms with Gasteiger partial charge in [-0.15, -0.1) is 0 Å². The summed E-state index contributed by atoms with van der Waals surface area (Å²) < 4.78 is 12.5. The quantitative estimate of drug-likeness (QED) is 0.735. The summed E-state index contributed by atoms with van der Waals surface area (Å²) in [5.74, 6) is -0.532. The van der Waals surface area contributed by atoms with E-state index in [0.717, 1.165) is 12.0 Å². The van der Waals surface area contributed by atoms with Gasteiger partial charge in [-0.3, -0.25) is 4.79 Å². The number of ether oxygens (including phenoxy) is 2. The van der Waals surface area contributed by atoms with E-state index < -0.39 is 5.97 Å². The largest absolute Gasteiger partial charge is 0.465 e. The highest BCUT2D eigenvalue weighted by Gasteiger charge is 2.25. The Kier molecular flexibility index (Phi) is 3.85. The van der Waals surface area contributed by atoms with E-state index in [1.54, 1.807) is 17.0 Å². The standard InChI is InChI=1S/C18H17N3O4/c1-24-18(23)14-9-21(8-13-16(14)19-20-17(13)22)10-15-12-5-3-2-4-11(12)6-7-25-15/h2-5,8-9,15H,6-7,10H2,1H3,(H,20,22)/t15-/m1/s1. The van der Waals surface area contributed by atoms with Crippen LogP contribution in [0.1, 0.15) is 27.6 Å². The first-order valence-electron chi connectivity index (χ1n) is 8.03. The average Bonchev–Trinajstić information content (AvgIpc) is 3.02. The maximum atomic E-state index is 12.1. The van der Waals surface area contributed by atoms with Crippen LogP contribution in [-0.2, 0) is 22.4 Å². The Morgan fingerprint density at radius 2 is 2.24 bits per heavy atom. The van der Waals surface area contributed by atoms with Crippen molar-refractivity contribution < 1.29 is 14.3 Å². The van der Waals surface area contributed by atoms with Gasteiger partial charge in [0.15, 0.2) is 0 Å². The molecule has 0 saturated heterocycles. The van der Waals surface area contributed by atoms with Crippen molar-refractivity contribution in [3.05, 3.63) is 63.7 Å². The van der Waals surface area contributed by atoms with Gasteiger partial charge in [0.1, 0.15) is 17.4 Å². The van der Waals surface area contributed by atoms with Gasteiger partial charge in [-0.25, -0.2) is 9.89 Å². The zero-order chi connectivity index (χ0) is 17.4. The zero-order valence-electron chi connectivity index (χ0n) is 13.7. The third kappa shape index (κ3) is 2.72. The molecule has 1 N–H and O–H groups in total. The number of pyridine rings is 1. The first kappa shape index (κ1) is 15.6. The van der Waals surface area contributed by atoms with E-state index >= 15 is 0 Å². The Bertz CT molecular complexity index is 959. The molecule has 1 atom stereocenters. The molecule has 0 amide bonds. The fourth-order valence-corrected chi connectivity index (χ4v) is 3.27. The first-order valence-corrected chi connectivity index (χ1v) is 8.03. The number of H-pyrrole nitrogens is 1. The molecule has 7 nitrogen and oxygen atoms in total. The molecule has 3 aliphatic rings. The second-order valence-corrected chi connectivity index (χ2v) is 5.98. The summed E-state index contributed by atoms with van der Waals surface area (Å²) in [6.07, 6.45) is 4.08. The van der Waals surface area contributed by atoms with Gasteiger partial charge in [0.2, 0.25) is 0 Å². The maximum absolute atomic E-state index is 12.1. The van der Waals surface area contributed by atoms with Gasteiger partial charge in [-0.1, -0.05) is 24.3 Å². The number of hydrogen-bond acceptors (Lipinski definition) is 5. The van der Waals surface area contributed by atoms with E-state index in [0.29, 0.717) is 24.4 Å². The number of methoxy groups -OCH3 is 1. The minimum absolute atomic E-state index is 0.139. The van der Waals surface area contributed by atoms with E-state index in [1.807, 2.05) is 12.1 Å². The molecule has 1 aromatic carbocycles. The highest BCUT2D eigenvalue weighted by molar-refractivity contribution is 5.95. The first-order chi connectivity index (χ1) is 12.2. The topological polar surface area (TPSA) is 86.2 Å². The van der Waals surface area contributed by atoms with Crippen molar-refractivity contribution in [2.75, 3.05) is 13.7 Å². The molecule has 0 saturated carbocycles. The smallest absolute Gasteiger partial charge is 0.341 e. The summed E-state index contributed by atoms with van der Waals surface area (Å²) in [7, 11) is 1.30. The van der Waals surface area contributed by atoms with Crippen molar-refractivity contribution in [1.82, 2.24) is 14.8 Å². The van der Waals surface area contributed by atoms with Crippen molar-refractivity contribution >= 4 is 5.97 Å². The van der Waals surface area contributed by atoms with Crippen molar-refractivity contribution in [2.45, 2.75) is 19.1 Å². The molecule has 0 aromatic heterocycles. The number of nitrogens with one attached hydrogen (secondary N) is 1. The molecule has 0 unspecified atom stereocenters. The lowest BCUT2D eigenvalue weighted by molar-refractivity contribution is 0.0303. The predicted molar refractivity (Wildman–Crippen MR) is 89.6 cm³/mol. The number of fused-ring (bicyclic) bond motifs is 2. The predicted octanol–water partition coefficient (Wildman–Crippen LogP) is 1.78.